The summed E-state index contributed by atoms with van der Waals surface area (Å²) in [6.45, 7) is 0. The average Bonchev–Trinajstić information content (AvgIpc) is 2.80. The summed E-state index contributed by atoms with van der Waals surface area (Å²) in [6.07, 6.45) is 1.03. The fraction of sp³-hybridized carbons (Fsp3) is 0. The molecular weight excluding hydrogens is 281 g/mol. The van der Waals surface area contributed by atoms with Crippen molar-refractivity contribution < 1.29 is 13.2 Å². The second-order valence-corrected chi connectivity index (χ2v) is 4.38. The number of pyridine rings is 1. The van der Waals surface area contributed by atoms with Crippen LogP contribution in [0.3, 0.4) is 0 Å². The van der Waals surface area contributed by atoms with Gasteiger partial charge in [-0.05, 0) is 29.8 Å². The molecule has 0 amide bonds. The van der Waals surface area contributed by atoms with Crippen molar-refractivity contribution in [1.29, 1.82) is 0 Å². The lowest BCUT2D eigenvalue weighted by molar-refractivity contribution is 0.584. The standard InChI is InChI=1S/C14H9F3N4/c15-8-1-2-11(19-6-8)13-12(14(18)21-20-13)7-3-9(16)5-10(17)4-7/h1-6H,(H3,18,20,21). The van der Waals surface area contributed by atoms with Crippen molar-refractivity contribution >= 4 is 5.82 Å². The van der Waals surface area contributed by atoms with Crippen LogP contribution in [0.25, 0.3) is 22.5 Å². The number of H-pyrrole nitrogens is 1. The Morgan fingerprint density at radius 2 is 1.67 bits per heavy atom. The third-order valence-electron chi connectivity index (χ3n) is 2.93. The van der Waals surface area contributed by atoms with Gasteiger partial charge in [0.1, 0.15) is 17.5 Å². The molecule has 2 heterocycles. The first-order valence-electron chi connectivity index (χ1n) is 5.97. The number of aromatic nitrogens is 3. The largest absolute Gasteiger partial charge is 0.382 e. The number of hydrogen-bond donors (Lipinski definition) is 2. The lowest BCUT2D eigenvalue weighted by atomic mass is 10.0. The van der Waals surface area contributed by atoms with Gasteiger partial charge in [0, 0.05) is 6.07 Å². The smallest absolute Gasteiger partial charge is 0.153 e. The number of rotatable bonds is 2. The highest BCUT2D eigenvalue weighted by Gasteiger charge is 2.17. The first kappa shape index (κ1) is 13.2. The molecule has 0 fully saturated rings. The highest BCUT2D eigenvalue weighted by atomic mass is 19.1. The van der Waals surface area contributed by atoms with Gasteiger partial charge in [-0.15, -0.1) is 0 Å². The molecule has 2 aromatic heterocycles. The summed E-state index contributed by atoms with van der Waals surface area (Å²) in [5.41, 5.74) is 7.01. The Labute approximate surface area is 117 Å². The molecule has 0 spiro atoms. The molecule has 1 aromatic carbocycles. The molecule has 0 aliphatic carbocycles. The zero-order valence-corrected chi connectivity index (χ0v) is 10.6. The van der Waals surface area contributed by atoms with Crippen molar-refractivity contribution in [3.63, 3.8) is 0 Å². The molecule has 0 atom stereocenters. The minimum absolute atomic E-state index is 0.0705. The Morgan fingerprint density at radius 3 is 2.29 bits per heavy atom. The number of anilines is 1. The van der Waals surface area contributed by atoms with Crippen molar-refractivity contribution in [2.45, 2.75) is 0 Å². The van der Waals surface area contributed by atoms with Gasteiger partial charge in [-0.2, -0.15) is 5.10 Å². The number of halogens is 3. The van der Waals surface area contributed by atoms with Gasteiger partial charge in [-0.3, -0.25) is 10.1 Å². The molecule has 0 saturated heterocycles. The van der Waals surface area contributed by atoms with Gasteiger partial charge in [0.05, 0.1) is 23.1 Å². The van der Waals surface area contributed by atoms with Crippen molar-refractivity contribution in [2.75, 3.05) is 5.73 Å². The Balaban J connectivity index is 2.19. The second kappa shape index (κ2) is 4.93. The maximum absolute atomic E-state index is 13.4. The quantitative estimate of drug-likeness (QED) is 0.762. The molecule has 0 aliphatic rings. The fourth-order valence-electron chi connectivity index (χ4n) is 2.06. The lowest BCUT2D eigenvalue weighted by Crippen LogP contribution is -1.92. The maximum Gasteiger partial charge on any atom is 0.153 e. The highest BCUT2D eigenvalue weighted by molar-refractivity contribution is 5.86. The molecule has 3 N–H and O–H groups in total. The van der Waals surface area contributed by atoms with Crippen LogP contribution in [-0.2, 0) is 0 Å². The van der Waals surface area contributed by atoms with E-state index in [1.54, 1.807) is 0 Å². The van der Waals surface area contributed by atoms with Crippen molar-refractivity contribution in [2.24, 2.45) is 0 Å². The van der Waals surface area contributed by atoms with Crippen molar-refractivity contribution in [3.05, 3.63) is 54.0 Å². The lowest BCUT2D eigenvalue weighted by Gasteiger charge is -2.05. The van der Waals surface area contributed by atoms with Crippen LogP contribution >= 0.6 is 0 Å². The van der Waals surface area contributed by atoms with E-state index >= 15 is 0 Å². The molecular formula is C14H9F3N4. The van der Waals surface area contributed by atoms with Gasteiger partial charge in [0.25, 0.3) is 0 Å². The molecule has 0 saturated carbocycles. The van der Waals surface area contributed by atoms with Gasteiger partial charge in [0.15, 0.2) is 5.82 Å². The number of benzene rings is 1. The number of nitrogens with one attached hydrogen (secondary N) is 1. The van der Waals surface area contributed by atoms with Crippen LogP contribution in [0.15, 0.2) is 36.5 Å². The number of aromatic amines is 1. The molecule has 4 nitrogen and oxygen atoms in total. The monoisotopic (exact) mass is 290 g/mol. The summed E-state index contributed by atoms with van der Waals surface area (Å²) >= 11 is 0. The average molecular weight is 290 g/mol. The van der Waals surface area contributed by atoms with Crippen LogP contribution in [0.4, 0.5) is 19.0 Å². The predicted molar refractivity (Wildman–Crippen MR) is 71.5 cm³/mol. The Morgan fingerprint density at radius 1 is 0.952 bits per heavy atom. The molecule has 21 heavy (non-hydrogen) atoms. The maximum atomic E-state index is 13.4. The normalized spacial score (nSPS) is 10.8. The van der Waals surface area contributed by atoms with E-state index in [9.17, 15) is 13.2 Å². The van der Waals surface area contributed by atoms with E-state index in [-0.39, 0.29) is 11.4 Å². The third-order valence-corrected chi connectivity index (χ3v) is 2.93. The van der Waals surface area contributed by atoms with E-state index in [0.29, 0.717) is 17.0 Å². The summed E-state index contributed by atoms with van der Waals surface area (Å²) in [5, 5.41) is 6.47. The van der Waals surface area contributed by atoms with Crippen LogP contribution in [0.1, 0.15) is 0 Å². The molecule has 106 valence electrons. The molecule has 0 bridgehead atoms. The van der Waals surface area contributed by atoms with Gasteiger partial charge >= 0.3 is 0 Å². The molecule has 7 heteroatoms. The van der Waals surface area contributed by atoms with Crippen LogP contribution < -0.4 is 5.73 Å². The van der Waals surface area contributed by atoms with E-state index in [1.807, 2.05) is 0 Å². The SMILES string of the molecule is Nc1n[nH]c(-c2ccc(F)cn2)c1-c1cc(F)cc(F)c1. The second-order valence-electron chi connectivity index (χ2n) is 4.38. The zero-order chi connectivity index (χ0) is 15.0. The topological polar surface area (TPSA) is 67.6 Å². The summed E-state index contributed by atoms with van der Waals surface area (Å²) in [4.78, 5) is 3.90. The predicted octanol–water partition coefficient (Wildman–Crippen LogP) is 3.14. The van der Waals surface area contributed by atoms with Gasteiger partial charge in [-0.25, -0.2) is 13.2 Å². The van der Waals surface area contributed by atoms with Crippen LogP contribution in [-0.4, -0.2) is 15.2 Å². The fourth-order valence-corrected chi connectivity index (χ4v) is 2.06. The summed E-state index contributed by atoms with van der Waals surface area (Å²) in [7, 11) is 0. The Bertz CT molecular complexity index is 776. The first-order valence-corrected chi connectivity index (χ1v) is 5.97. The van der Waals surface area contributed by atoms with Crippen molar-refractivity contribution in [1.82, 2.24) is 15.2 Å². The van der Waals surface area contributed by atoms with Crippen LogP contribution in [0.5, 0.6) is 0 Å². The first-order chi connectivity index (χ1) is 10.0. The van der Waals surface area contributed by atoms with Gasteiger partial charge < -0.3 is 5.73 Å². The van der Waals surface area contributed by atoms with Crippen LogP contribution in [0, 0.1) is 17.5 Å². The van der Waals surface area contributed by atoms with Crippen molar-refractivity contribution in [3.8, 4) is 22.5 Å². The van der Waals surface area contributed by atoms with E-state index in [4.69, 9.17) is 5.73 Å². The summed E-state index contributed by atoms with van der Waals surface area (Å²) in [5.74, 6) is -1.89. The Hall–Kier alpha value is -2.83. The number of nitrogens with two attached hydrogens (primary N) is 1. The minimum atomic E-state index is -0.733. The summed E-state index contributed by atoms with van der Waals surface area (Å²) < 4.78 is 39.6. The molecule has 0 aliphatic heterocycles. The summed E-state index contributed by atoms with van der Waals surface area (Å²) in [6, 6.07) is 5.67. The Kier molecular flexibility index (Phi) is 3.09. The van der Waals surface area contributed by atoms with E-state index < -0.39 is 17.5 Å². The van der Waals surface area contributed by atoms with Crippen LogP contribution in [0.2, 0.25) is 0 Å². The van der Waals surface area contributed by atoms with Gasteiger partial charge in [0.2, 0.25) is 0 Å². The number of nitrogens with zero attached hydrogens (tertiary/aromatic N) is 2. The van der Waals surface area contributed by atoms with E-state index in [1.165, 1.54) is 12.1 Å². The molecule has 0 unspecified atom stereocenters. The third kappa shape index (κ3) is 2.45. The van der Waals surface area contributed by atoms with E-state index in [2.05, 4.69) is 15.2 Å². The highest BCUT2D eigenvalue weighted by Crippen LogP contribution is 2.34. The minimum Gasteiger partial charge on any atom is -0.382 e. The molecule has 3 rings (SSSR count). The number of nitrogen functional groups attached to an aromatic ring is 1. The zero-order valence-electron chi connectivity index (χ0n) is 10.6. The molecule has 0 radical (unpaired) electrons. The number of hydrogen-bond acceptors (Lipinski definition) is 3. The molecule has 3 aromatic rings. The van der Waals surface area contributed by atoms with Gasteiger partial charge in [-0.1, -0.05) is 0 Å². The van der Waals surface area contributed by atoms with E-state index in [0.717, 1.165) is 24.4 Å².